The van der Waals surface area contributed by atoms with E-state index in [-0.39, 0.29) is 0 Å². The van der Waals surface area contributed by atoms with Gasteiger partial charge in [0.25, 0.3) is 0 Å². The van der Waals surface area contributed by atoms with Gasteiger partial charge in [0.05, 0.1) is 0 Å². The molecule has 96 valence electrons. The van der Waals surface area contributed by atoms with Gasteiger partial charge in [0, 0.05) is 11.0 Å². The van der Waals surface area contributed by atoms with Gasteiger partial charge in [0.1, 0.15) is 0 Å². The normalized spacial score (nSPS) is 11.1. The standard InChI is InChI=1S/C14H23BrN2/c1-3-17(4-2)11-5-10-16-12-13-6-8-14(15)9-7-13/h6-9,16H,3-5,10-12H2,1-2H3. The van der Waals surface area contributed by atoms with Gasteiger partial charge < -0.3 is 10.2 Å². The molecule has 0 radical (unpaired) electrons. The highest BCUT2D eigenvalue weighted by Gasteiger charge is 1.98. The predicted molar refractivity (Wildman–Crippen MR) is 78.3 cm³/mol. The molecule has 0 aliphatic rings. The minimum absolute atomic E-state index is 0.964. The molecule has 1 rings (SSSR count). The molecule has 0 aromatic heterocycles. The molecule has 3 heteroatoms. The molecule has 17 heavy (non-hydrogen) atoms. The molecule has 0 fully saturated rings. The summed E-state index contributed by atoms with van der Waals surface area (Å²) in [5, 5.41) is 3.48. The average Bonchev–Trinajstić information content (AvgIpc) is 2.36. The first-order valence-electron chi connectivity index (χ1n) is 6.43. The number of rotatable bonds is 8. The van der Waals surface area contributed by atoms with Crippen LogP contribution in [0.4, 0.5) is 0 Å². The number of hydrogen-bond acceptors (Lipinski definition) is 2. The molecule has 0 atom stereocenters. The Kier molecular flexibility index (Phi) is 7.49. The monoisotopic (exact) mass is 298 g/mol. The summed E-state index contributed by atoms with van der Waals surface area (Å²) in [6, 6.07) is 8.49. The molecule has 0 aliphatic carbocycles. The van der Waals surface area contributed by atoms with Gasteiger partial charge in [-0.3, -0.25) is 0 Å². The minimum Gasteiger partial charge on any atom is -0.313 e. The highest BCUT2D eigenvalue weighted by Crippen LogP contribution is 2.10. The topological polar surface area (TPSA) is 15.3 Å². The molecule has 1 aromatic carbocycles. The summed E-state index contributed by atoms with van der Waals surface area (Å²) in [6.07, 6.45) is 1.22. The second-order valence-corrected chi connectivity index (χ2v) is 5.10. The van der Waals surface area contributed by atoms with Crippen LogP contribution in [0.1, 0.15) is 25.8 Å². The molecular weight excluding hydrogens is 276 g/mol. The Labute approximate surface area is 114 Å². The van der Waals surface area contributed by atoms with Crippen LogP contribution in [-0.2, 0) is 6.54 Å². The van der Waals surface area contributed by atoms with E-state index in [0.717, 1.165) is 30.7 Å². The third-order valence-corrected chi connectivity index (χ3v) is 3.49. The van der Waals surface area contributed by atoms with E-state index in [2.05, 4.69) is 64.3 Å². The molecule has 1 N–H and O–H groups in total. The highest BCUT2D eigenvalue weighted by molar-refractivity contribution is 9.10. The van der Waals surface area contributed by atoms with Crippen molar-refractivity contribution in [2.75, 3.05) is 26.2 Å². The zero-order valence-electron chi connectivity index (χ0n) is 10.9. The Morgan fingerprint density at radius 3 is 2.35 bits per heavy atom. The SMILES string of the molecule is CCN(CC)CCCNCc1ccc(Br)cc1. The molecule has 2 nitrogen and oxygen atoms in total. The van der Waals surface area contributed by atoms with Crippen LogP contribution in [0.25, 0.3) is 0 Å². The summed E-state index contributed by atoms with van der Waals surface area (Å²) in [7, 11) is 0. The molecule has 0 unspecified atom stereocenters. The van der Waals surface area contributed by atoms with Crippen LogP contribution in [0.2, 0.25) is 0 Å². The maximum atomic E-state index is 3.48. The second kappa shape index (κ2) is 8.67. The summed E-state index contributed by atoms with van der Waals surface area (Å²) in [4.78, 5) is 2.46. The Morgan fingerprint density at radius 1 is 1.12 bits per heavy atom. The van der Waals surface area contributed by atoms with Crippen LogP contribution < -0.4 is 5.32 Å². The van der Waals surface area contributed by atoms with Gasteiger partial charge in [-0.25, -0.2) is 0 Å². The molecule has 0 saturated carbocycles. The number of benzene rings is 1. The van der Waals surface area contributed by atoms with Crippen molar-refractivity contribution in [2.24, 2.45) is 0 Å². The van der Waals surface area contributed by atoms with E-state index in [0.29, 0.717) is 0 Å². The van der Waals surface area contributed by atoms with E-state index in [1.54, 1.807) is 0 Å². The maximum absolute atomic E-state index is 3.48. The van der Waals surface area contributed by atoms with Crippen molar-refractivity contribution < 1.29 is 0 Å². The Bertz CT molecular complexity index is 294. The fourth-order valence-corrected chi connectivity index (χ4v) is 2.07. The summed E-state index contributed by atoms with van der Waals surface area (Å²) in [5.74, 6) is 0. The number of hydrogen-bond donors (Lipinski definition) is 1. The second-order valence-electron chi connectivity index (χ2n) is 4.18. The molecule has 0 aliphatic heterocycles. The number of nitrogens with one attached hydrogen (secondary N) is 1. The van der Waals surface area contributed by atoms with Crippen molar-refractivity contribution in [1.82, 2.24) is 10.2 Å². The lowest BCUT2D eigenvalue weighted by molar-refractivity contribution is 0.298. The lowest BCUT2D eigenvalue weighted by Gasteiger charge is -2.17. The van der Waals surface area contributed by atoms with Gasteiger partial charge >= 0.3 is 0 Å². The first kappa shape index (κ1) is 14.7. The van der Waals surface area contributed by atoms with Crippen LogP contribution in [0.15, 0.2) is 28.7 Å². The summed E-state index contributed by atoms with van der Waals surface area (Å²) >= 11 is 3.44. The quantitative estimate of drug-likeness (QED) is 0.741. The van der Waals surface area contributed by atoms with E-state index < -0.39 is 0 Å². The lowest BCUT2D eigenvalue weighted by Crippen LogP contribution is -2.27. The minimum atomic E-state index is 0.964. The summed E-state index contributed by atoms with van der Waals surface area (Å²) < 4.78 is 1.14. The van der Waals surface area contributed by atoms with Crippen LogP contribution >= 0.6 is 15.9 Å². The van der Waals surface area contributed by atoms with Gasteiger partial charge in [0.15, 0.2) is 0 Å². The van der Waals surface area contributed by atoms with Gasteiger partial charge in [-0.05, 0) is 50.3 Å². The third kappa shape index (κ3) is 6.20. The van der Waals surface area contributed by atoms with Crippen molar-refractivity contribution in [3.63, 3.8) is 0 Å². The molecule has 0 spiro atoms. The van der Waals surface area contributed by atoms with Gasteiger partial charge in [-0.1, -0.05) is 41.9 Å². The zero-order valence-corrected chi connectivity index (χ0v) is 12.5. The maximum Gasteiger partial charge on any atom is 0.0205 e. The molecule has 0 saturated heterocycles. The first-order chi connectivity index (χ1) is 8.26. The first-order valence-corrected chi connectivity index (χ1v) is 7.23. The zero-order chi connectivity index (χ0) is 12.5. The summed E-state index contributed by atoms with van der Waals surface area (Å²) in [5.41, 5.74) is 1.34. The Hall–Kier alpha value is -0.380. The van der Waals surface area contributed by atoms with Crippen LogP contribution in [-0.4, -0.2) is 31.1 Å². The fraction of sp³-hybridized carbons (Fsp3) is 0.571. The van der Waals surface area contributed by atoms with Crippen molar-refractivity contribution in [3.8, 4) is 0 Å². The fourth-order valence-electron chi connectivity index (χ4n) is 1.80. The van der Waals surface area contributed by atoms with E-state index in [1.165, 1.54) is 18.5 Å². The summed E-state index contributed by atoms with van der Waals surface area (Å²) in [6.45, 7) is 10.0. The smallest absolute Gasteiger partial charge is 0.0205 e. The van der Waals surface area contributed by atoms with Gasteiger partial charge in [0.2, 0.25) is 0 Å². The van der Waals surface area contributed by atoms with Crippen LogP contribution in [0.5, 0.6) is 0 Å². The van der Waals surface area contributed by atoms with E-state index >= 15 is 0 Å². The van der Waals surface area contributed by atoms with Crippen LogP contribution in [0.3, 0.4) is 0 Å². The van der Waals surface area contributed by atoms with E-state index in [9.17, 15) is 0 Å². The van der Waals surface area contributed by atoms with Gasteiger partial charge in [-0.15, -0.1) is 0 Å². The van der Waals surface area contributed by atoms with E-state index in [1.807, 2.05) is 0 Å². The van der Waals surface area contributed by atoms with Crippen LogP contribution in [0, 0.1) is 0 Å². The average molecular weight is 299 g/mol. The molecule has 0 bridgehead atoms. The highest BCUT2D eigenvalue weighted by atomic mass is 79.9. The molecular formula is C14H23BrN2. The van der Waals surface area contributed by atoms with E-state index in [4.69, 9.17) is 0 Å². The molecule has 1 aromatic rings. The van der Waals surface area contributed by atoms with Crippen molar-refractivity contribution in [2.45, 2.75) is 26.8 Å². The third-order valence-electron chi connectivity index (χ3n) is 2.96. The number of nitrogens with zero attached hydrogens (tertiary/aromatic N) is 1. The largest absolute Gasteiger partial charge is 0.313 e. The van der Waals surface area contributed by atoms with Crippen molar-refractivity contribution in [3.05, 3.63) is 34.3 Å². The predicted octanol–water partition coefficient (Wildman–Crippen LogP) is 3.27. The van der Waals surface area contributed by atoms with Gasteiger partial charge in [-0.2, -0.15) is 0 Å². The van der Waals surface area contributed by atoms with Crippen molar-refractivity contribution >= 4 is 15.9 Å². The lowest BCUT2D eigenvalue weighted by atomic mass is 10.2. The molecule has 0 amide bonds. The number of halogens is 1. The van der Waals surface area contributed by atoms with Crippen molar-refractivity contribution in [1.29, 1.82) is 0 Å². The Balaban J connectivity index is 2.10. The Morgan fingerprint density at radius 2 is 1.76 bits per heavy atom. The molecule has 0 heterocycles.